The molecule has 1 aliphatic rings. The Morgan fingerprint density at radius 2 is 2.04 bits per heavy atom. The van der Waals surface area contributed by atoms with Crippen LogP contribution in [0.1, 0.15) is 15.9 Å². The van der Waals surface area contributed by atoms with Gasteiger partial charge in [0.2, 0.25) is 5.91 Å². The van der Waals surface area contributed by atoms with Crippen LogP contribution in [0.5, 0.6) is 0 Å². The van der Waals surface area contributed by atoms with Crippen molar-refractivity contribution >= 4 is 17.5 Å². The summed E-state index contributed by atoms with van der Waals surface area (Å²) in [5.74, 6) is -1.06. The normalized spacial score (nSPS) is 16.2. The van der Waals surface area contributed by atoms with Crippen LogP contribution in [0.25, 0.3) is 5.69 Å². The maximum atomic E-state index is 13.1. The van der Waals surface area contributed by atoms with Crippen LogP contribution in [0.4, 0.5) is 5.69 Å². The van der Waals surface area contributed by atoms with E-state index in [4.69, 9.17) is 5.73 Å². The summed E-state index contributed by atoms with van der Waals surface area (Å²) in [6, 6.07) is 9.24. The zero-order valence-corrected chi connectivity index (χ0v) is 13.8. The Bertz CT molecular complexity index is 969. The first kappa shape index (κ1) is 15.9. The van der Waals surface area contributed by atoms with Crippen molar-refractivity contribution in [2.75, 3.05) is 11.4 Å². The third kappa shape index (κ3) is 2.81. The SMILES string of the molecule is NC(=O)C1Cc2ccccc2N(C(=O)c2cncc(-n3ccnn3)c2)C1. The van der Waals surface area contributed by atoms with Crippen molar-refractivity contribution < 1.29 is 9.59 Å². The maximum absolute atomic E-state index is 13.1. The first-order valence-electron chi connectivity index (χ1n) is 8.14. The molecule has 8 nitrogen and oxygen atoms in total. The van der Waals surface area contributed by atoms with E-state index >= 15 is 0 Å². The van der Waals surface area contributed by atoms with E-state index in [1.165, 1.54) is 10.9 Å². The predicted octanol–water partition coefficient (Wildman–Crippen LogP) is 0.967. The van der Waals surface area contributed by atoms with E-state index in [1.54, 1.807) is 29.6 Å². The van der Waals surface area contributed by atoms with Crippen molar-refractivity contribution in [2.24, 2.45) is 11.7 Å². The minimum Gasteiger partial charge on any atom is -0.369 e. The second kappa shape index (κ2) is 6.40. The lowest BCUT2D eigenvalue weighted by atomic mass is 9.91. The Balaban J connectivity index is 1.71. The summed E-state index contributed by atoms with van der Waals surface area (Å²) in [7, 11) is 0. The van der Waals surface area contributed by atoms with Gasteiger partial charge in [-0.2, -0.15) is 0 Å². The molecule has 2 amide bonds. The molecule has 1 atom stereocenters. The number of nitrogens with zero attached hydrogens (tertiary/aromatic N) is 5. The van der Waals surface area contributed by atoms with E-state index in [-0.39, 0.29) is 12.5 Å². The summed E-state index contributed by atoms with van der Waals surface area (Å²) in [6.45, 7) is 0.249. The van der Waals surface area contributed by atoms with E-state index in [2.05, 4.69) is 15.3 Å². The van der Waals surface area contributed by atoms with E-state index < -0.39 is 11.8 Å². The van der Waals surface area contributed by atoms with Crippen LogP contribution in [-0.2, 0) is 11.2 Å². The summed E-state index contributed by atoms with van der Waals surface area (Å²) >= 11 is 0. The first-order valence-corrected chi connectivity index (χ1v) is 8.14. The molecule has 1 aromatic carbocycles. The molecule has 8 heteroatoms. The molecular formula is C18H16N6O2. The molecule has 1 unspecified atom stereocenters. The number of para-hydroxylation sites is 1. The highest BCUT2D eigenvalue weighted by atomic mass is 16.2. The summed E-state index contributed by atoms with van der Waals surface area (Å²) < 4.78 is 1.53. The van der Waals surface area contributed by atoms with Crippen LogP contribution in [0.2, 0.25) is 0 Å². The third-order valence-corrected chi connectivity index (χ3v) is 4.46. The van der Waals surface area contributed by atoms with Gasteiger partial charge in [-0.15, -0.1) is 5.10 Å². The van der Waals surface area contributed by atoms with Gasteiger partial charge in [-0.3, -0.25) is 14.6 Å². The molecule has 3 heterocycles. The second-order valence-electron chi connectivity index (χ2n) is 6.13. The quantitative estimate of drug-likeness (QED) is 0.759. The third-order valence-electron chi connectivity index (χ3n) is 4.46. The largest absolute Gasteiger partial charge is 0.369 e. The Hall–Kier alpha value is -3.55. The highest BCUT2D eigenvalue weighted by Gasteiger charge is 2.31. The molecule has 2 aromatic heterocycles. The number of carbonyl (C=O) groups excluding carboxylic acids is 2. The lowest BCUT2D eigenvalue weighted by molar-refractivity contribution is -0.121. The Labute approximate surface area is 149 Å². The Morgan fingerprint density at radius 3 is 2.81 bits per heavy atom. The topological polar surface area (TPSA) is 107 Å². The van der Waals surface area contributed by atoms with Crippen LogP contribution in [0.15, 0.2) is 55.1 Å². The molecule has 26 heavy (non-hydrogen) atoms. The number of rotatable bonds is 3. The van der Waals surface area contributed by atoms with Gasteiger partial charge in [0, 0.05) is 18.4 Å². The molecule has 2 N–H and O–H groups in total. The van der Waals surface area contributed by atoms with E-state index in [0.717, 1.165) is 11.3 Å². The lowest BCUT2D eigenvalue weighted by Crippen LogP contribution is -2.44. The van der Waals surface area contributed by atoms with Crippen molar-refractivity contribution in [2.45, 2.75) is 6.42 Å². The molecule has 0 spiro atoms. The summed E-state index contributed by atoms with van der Waals surface area (Å²) in [6.07, 6.45) is 6.85. The summed E-state index contributed by atoms with van der Waals surface area (Å²) in [5.41, 5.74) is 8.26. The molecule has 0 bridgehead atoms. The monoisotopic (exact) mass is 348 g/mol. The van der Waals surface area contributed by atoms with Gasteiger partial charge in [0.1, 0.15) is 0 Å². The standard InChI is InChI=1S/C18H16N6O2/c19-17(25)14-7-12-3-1-2-4-16(12)23(11-14)18(26)13-8-15(10-20-9-13)24-6-5-21-22-24/h1-6,8-10,14H,7,11H2,(H2,19,25). The fourth-order valence-electron chi connectivity index (χ4n) is 3.15. The zero-order chi connectivity index (χ0) is 18.1. The van der Waals surface area contributed by atoms with E-state index in [1.807, 2.05) is 24.3 Å². The van der Waals surface area contributed by atoms with Gasteiger partial charge in [-0.05, 0) is 24.1 Å². The number of fused-ring (bicyclic) bond motifs is 1. The number of aromatic nitrogens is 4. The molecule has 3 aromatic rings. The molecule has 1 aliphatic heterocycles. The average Bonchev–Trinajstić information content (AvgIpc) is 3.21. The van der Waals surface area contributed by atoms with Crippen LogP contribution in [0.3, 0.4) is 0 Å². The number of nitrogens with two attached hydrogens (primary N) is 1. The van der Waals surface area contributed by atoms with Crippen LogP contribution < -0.4 is 10.6 Å². The number of anilines is 1. The second-order valence-corrected chi connectivity index (χ2v) is 6.13. The highest BCUT2D eigenvalue weighted by Crippen LogP contribution is 2.30. The molecule has 0 saturated heterocycles. The summed E-state index contributed by atoms with van der Waals surface area (Å²) in [4.78, 5) is 30.6. The number of pyridine rings is 1. The number of hydrogen-bond acceptors (Lipinski definition) is 5. The average molecular weight is 348 g/mol. The molecule has 4 rings (SSSR count). The fourth-order valence-corrected chi connectivity index (χ4v) is 3.15. The Kier molecular flexibility index (Phi) is 3.92. The molecule has 0 radical (unpaired) electrons. The smallest absolute Gasteiger partial charge is 0.259 e. The molecule has 0 fully saturated rings. The van der Waals surface area contributed by atoms with E-state index in [9.17, 15) is 9.59 Å². The van der Waals surface area contributed by atoms with Gasteiger partial charge in [0.25, 0.3) is 5.91 Å². The van der Waals surface area contributed by atoms with Gasteiger partial charge in [-0.1, -0.05) is 23.4 Å². The van der Waals surface area contributed by atoms with Crippen LogP contribution in [-0.4, -0.2) is 38.3 Å². The number of amides is 2. The number of primary amides is 1. The van der Waals surface area contributed by atoms with Crippen LogP contribution >= 0.6 is 0 Å². The van der Waals surface area contributed by atoms with Crippen molar-refractivity contribution in [1.82, 2.24) is 20.0 Å². The van der Waals surface area contributed by atoms with Gasteiger partial charge in [0.15, 0.2) is 0 Å². The van der Waals surface area contributed by atoms with E-state index in [0.29, 0.717) is 17.7 Å². The van der Waals surface area contributed by atoms with Crippen molar-refractivity contribution in [3.05, 3.63) is 66.2 Å². The van der Waals surface area contributed by atoms with Crippen molar-refractivity contribution in [1.29, 1.82) is 0 Å². The van der Waals surface area contributed by atoms with Gasteiger partial charge < -0.3 is 10.6 Å². The van der Waals surface area contributed by atoms with Crippen molar-refractivity contribution in [3.8, 4) is 5.69 Å². The molecule has 130 valence electrons. The fraction of sp³-hybridized carbons (Fsp3) is 0.167. The number of carbonyl (C=O) groups is 2. The molecule has 0 aliphatic carbocycles. The summed E-state index contributed by atoms with van der Waals surface area (Å²) in [5, 5.41) is 7.67. The number of hydrogen-bond donors (Lipinski definition) is 1. The lowest BCUT2D eigenvalue weighted by Gasteiger charge is -2.33. The highest BCUT2D eigenvalue weighted by molar-refractivity contribution is 6.07. The predicted molar refractivity (Wildman–Crippen MR) is 93.7 cm³/mol. The molecule has 0 saturated carbocycles. The maximum Gasteiger partial charge on any atom is 0.259 e. The van der Waals surface area contributed by atoms with Gasteiger partial charge in [0.05, 0.1) is 35.8 Å². The van der Waals surface area contributed by atoms with Gasteiger partial charge >= 0.3 is 0 Å². The van der Waals surface area contributed by atoms with Gasteiger partial charge in [-0.25, -0.2) is 4.68 Å². The minimum atomic E-state index is -0.416. The van der Waals surface area contributed by atoms with Crippen LogP contribution in [0, 0.1) is 5.92 Å². The zero-order valence-electron chi connectivity index (χ0n) is 13.8. The number of benzene rings is 1. The molecular weight excluding hydrogens is 332 g/mol. The van der Waals surface area contributed by atoms with Crippen molar-refractivity contribution in [3.63, 3.8) is 0 Å². The Morgan fingerprint density at radius 1 is 1.19 bits per heavy atom. The minimum absolute atomic E-state index is 0.238. The first-order chi connectivity index (χ1) is 12.6.